The number of aliphatic hydroxyl groups is 1. The molecule has 22 heavy (non-hydrogen) atoms. The van der Waals surface area contributed by atoms with Gasteiger partial charge in [0.1, 0.15) is 5.82 Å². The molecule has 0 bridgehead atoms. The fourth-order valence-electron chi connectivity index (χ4n) is 2.05. The van der Waals surface area contributed by atoms with E-state index in [2.05, 4.69) is 0 Å². The monoisotopic (exact) mass is 322 g/mol. The lowest BCUT2D eigenvalue weighted by atomic mass is 10.1. The Morgan fingerprint density at radius 2 is 1.59 bits per heavy atom. The summed E-state index contributed by atoms with van der Waals surface area (Å²) in [6.07, 6.45) is 1.24. The van der Waals surface area contributed by atoms with Gasteiger partial charge >= 0.3 is 6.18 Å². The molecule has 1 aromatic carbocycles. The SMILES string of the molecule is OCCCCCCCCOCc1ccc(C(F)(F)F)cc1F. The van der Waals surface area contributed by atoms with Crippen molar-refractivity contribution in [2.45, 2.75) is 51.3 Å². The average molecular weight is 322 g/mol. The van der Waals surface area contributed by atoms with Crippen LogP contribution >= 0.6 is 0 Å². The molecule has 0 radical (unpaired) electrons. The van der Waals surface area contributed by atoms with Gasteiger partial charge in [-0.1, -0.05) is 31.7 Å². The van der Waals surface area contributed by atoms with Crippen LogP contribution in [0.1, 0.15) is 49.7 Å². The standard InChI is InChI=1S/C16H22F4O2/c17-15-11-14(16(18,19)20)8-7-13(15)12-22-10-6-4-2-1-3-5-9-21/h7-8,11,21H,1-6,9-10,12H2. The molecule has 1 rings (SSSR count). The molecule has 0 aliphatic carbocycles. The van der Waals surface area contributed by atoms with E-state index in [-0.39, 0.29) is 18.8 Å². The van der Waals surface area contributed by atoms with Crippen molar-refractivity contribution in [3.63, 3.8) is 0 Å². The highest BCUT2D eigenvalue weighted by Gasteiger charge is 2.31. The Balaban J connectivity index is 2.20. The van der Waals surface area contributed by atoms with Crippen LogP contribution in [0.4, 0.5) is 17.6 Å². The molecule has 0 unspecified atom stereocenters. The smallest absolute Gasteiger partial charge is 0.396 e. The molecule has 126 valence electrons. The summed E-state index contributed by atoms with van der Waals surface area (Å²) in [5.74, 6) is -0.890. The molecule has 0 spiro atoms. The molecule has 0 aliphatic rings. The Labute approximate surface area is 128 Å². The van der Waals surface area contributed by atoms with E-state index in [1.807, 2.05) is 0 Å². The van der Waals surface area contributed by atoms with Crippen molar-refractivity contribution < 1.29 is 27.4 Å². The molecule has 6 heteroatoms. The second kappa shape index (κ2) is 9.79. The van der Waals surface area contributed by atoms with Gasteiger partial charge in [0.15, 0.2) is 0 Å². The van der Waals surface area contributed by atoms with Crippen molar-refractivity contribution in [1.82, 2.24) is 0 Å². The van der Waals surface area contributed by atoms with Crippen LogP contribution in [0.15, 0.2) is 18.2 Å². The van der Waals surface area contributed by atoms with Crippen LogP contribution in [0.25, 0.3) is 0 Å². The zero-order valence-corrected chi connectivity index (χ0v) is 12.5. The molecule has 0 atom stereocenters. The summed E-state index contributed by atoms with van der Waals surface area (Å²) in [5.41, 5.74) is -0.854. The van der Waals surface area contributed by atoms with Crippen molar-refractivity contribution in [2.24, 2.45) is 0 Å². The third kappa shape index (κ3) is 7.22. The van der Waals surface area contributed by atoms with Crippen LogP contribution in [0.5, 0.6) is 0 Å². The molecule has 1 N–H and O–H groups in total. The lowest BCUT2D eigenvalue weighted by molar-refractivity contribution is -0.137. The third-order valence-corrected chi connectivity index (χ3v) is 3.33. The molecule has 0 saturated carbocycles. The van der Waals surface area contributed by atoms with E-state index in [4.69, 9.17) is 9.84 Å². The summed E-state index contributed by atoms with van der Waals surface area (Å²) in [4.78, 5) is 0. The third-order valence-electron chi connectivity index (χ3n) is 3.33. The molecule has 1 aromatic rings. The molecule has 0 aliphatic heterocycles. The van der Waals surface area contributed by atoms with Gasteiger partial charge in [0.05, 0.1) is 12.2 Å². The first-order valence-corrected chi connectivity index (χ1v) is 7.49. The summed E-state index contributed by atoms with van der Waals surface area (Å²) in [7, 11) is 0. The number of rotatable bonds is 10. The quantitative estimate of drug-likeness (QED) is 0.500. The van der Waals surface area contributed by atoms with Crippen LogP contribution in [-0.2, 0) is 17.5 Å². The maximum atomic E-state index is 13.5. The van der Waals surface area contributed by atoms with Crippen LogP contribution in [-0.4, -0.2) is 18.3 Å². The first-order chi connectivity index (χ1) is 10.4. The zero-order valence-electron chi connectivity index (χ0n) is 12.5. The van der Waals surface area contributed by atoms with Gasteiger partial charge in [0.2, 0.25) is 0 Å². The number of halogens is 4. The van der Waals surface area contributed by atoms with Crippen molar-refractivity contribution in [2.75, 3.05) is 13.2 Å². The normalized spacial score (nSPS) is 11.9. The lowest BCUT2D eigenvalue weighted by Gasteiger charge is -2.09. The molecule has 0 amide bonds. The summed E-state index contributed by atoms with van der Waals surface area (Å²) >= 11 is 0. The molecule has 0 fully saturated rings. The topological polar surface area (TPSA) is 29.5 Å². The van der Waals surface area contributed by atoms with E-state index in [9.17, 15) is 17.6 Å². The lowest BCUT2D eigenvalue weighted by Crippen LogP contribution is -2.07. The second-order valence-corrected chi connectivity index (χ2v) is 5.20. The maximum Gasteiger partial charge on any atom is 0.416 e. The first-order valence-electron chi connectivity index (χ1n) is 7.49. The minimum absolute atomic E-state index is 0.0194. The Hall–Kier alpha value is -1.14. The molecular formula is C16H22F4O2. The number of unbranched alkanes of at least 4 members (excludes halogenated alkanes) is 5. The van der Waals surface area contributed by atoms with E-state index in [0.29, 0.717) is 12.7 Å². The first kappa shape index (κ1) is 18.9. The van der Waals surface area contributed by atoms with Gasteiger partial charge in [-0.15, -0.1) is 0 Å². The summed E-state index contributed by atoms with van der Waals surface area (Å²) in [6.45, 7) is 0.663. The molecule has 0 saturated heterocycles. The number of benzene rings is 1. The van der Waals surface area contributed by atoms with Crippen molar-refractivity contribution in [3.8, 4) is 0 Å². The second-order valence-electron chi connectivity index (χ2n) is 5.20. The highest BCUT2D eigenvalue weighted by molar-refractivity contribution is 5.25. The highest BCUT2D eigenvalue weighted by atomic mass is 19.4. The van der Waals surface area contributed by atoms with Gasteiger partial charge < -0.3 is 9.84 Å². The van der Waals surface area contributed by atoms with E-state index in [1.165, 1.54) is 0 Å². The van der Waals surface area contributed by atoms with Gasteiger partial charge in [-0.2, -0.15) is 13.2 Å². The van der Waals surface area contributed by atoms with Crippen LogP contribution < -0.4 is 0 Å². The average Bonchev–Trinajstić information content (AvgIpc) is 2.46. The van der Waals surface area contributed by atoms with Crippen molar-refractivity contribution in [3.05, 3.63) is 35.1 Å². The largest absolute Gasteiger partial charge is 0.416 e. The number of alkyl halides is 3. The van der Waals surface area contributed by atoms with Gasteiger partial charge in [0.25, 0.3) is 0 Å². The van der Waals surface area contributed by atoms with E-state index < -0.39 is 17.6 Å². The Bertz CT molecular complexity index is 433. The van der Waals surface area contributed by atoms with E-state index >= 15 is 0 Å². The fourth-order valence-corrected chi connectivity index (χ4v) is 2.05. The molecule has 2 nitrogen and oxygen atoms in total. The Morgan fingerprint density at radius 1 is 0.955 bits per heavy atom. The number of ether oxygens (including phenoxy) is 1. The summed E-state index contributed by atoms with van der Waals surface area (Å²) in [5, 5.41) is 8.62. The summed E-state index contributed by atoms with van der Waals surface area (Å²) in [6, 6.07) is 2.48. The van der Waals surface area contributed by atoms with Gasteiger partial charge in [-0.3, -0.25) is 0 Å². The predicted octanol–water partition coefficient (Wildman–Crippen LogP) is 4.69. The number of aliphatic hydroxyl groups excluding tert-OH is 1. The number of hydrogen-bond acceptors (Lipinski definition) is 2. The van der Waals surface area contributed by atoms with Gasteiger partial charge in [-0.05, 0) is 25.0 Å². The van der Waals surface area contributed by atoms with E-state index in [0.717, 1.165) is 50.7 Å². The molecule has 0 aromatic heterocycles. The fraction of sp³-hybridized carbons (Fsp3) is 0.625. The zero-order chi connectivity index (χ0) is 16.4. The van der Waals surface area contributed by atoms with Crippen molar-refractivity contribution in [1.29, 1.82) is 0 Å². The van der Waals surface area contributed by atoms with Crippen LogP contribution in [0.3, 0.4) is 0 Å². The van der Waals surface area contributed by atoms with Gasteiger partial charge in [-0.25, -0.2) is 4.39 Å². The highest BCUT2D eigenvalue weighted by Crippen LogP contribution is 2.30. The Kier molecular flexibility index (Phi) is 8.42. The maximum absolute atomic E-state index is 13.5. The predicted molar refractivity (Wildman–Crippen MR) is 75.8 cm³/mol. The van der Waals surface area contributed by atoms with Crippen molar-refractivity contribution >= 4 is 0 Å². The summed E-state index contributed by atoms with van der Waals surface area (Å²) < 4.78 is 56.0. The van der Waals surface area contributed by atoms with Gasteiger partial charge in [0, 0.05) is 18.8 Å². The minimum atomic E-state index is -4.53. The molecule has 0 heterocycles. The van der Waals surface area contributed by atoms with E-state index in [1.54, 1.807) is 0 Å². The molecular weight excluding hydrogens is 300 g/mol. The van der Waals surface area contributed by atoms with Crippen LogP contribution in [0.2, 0.25) is 0 Å². The van der Waals surface area contributed by atoms with Crippen LogP contribution in [0, 0.1) is 5.82 Å². The minimum Gasteiger partial charge on any atom is -0.396 e. The Morgan fingerprint density at radius 3 is 2.18 bits per heavy atom. The number of hydrogen-bond donors (Lipinski definition) is 1.